The largest absolute Gasteiger partial charge is 0.382 e. The first-order chi connectivity index (χ1) is 11.9. The van der Waals surface area contributed by atoms with Crippen molar-refractivity contribution in [3.63, 3.8) is 0 Å². The summed E-state index contributed by atoms with van der Waals surface area (Å²) in [4.78, 5) is 0. The van der Waals surface area contributed by atoms with Crippen LogP contribution in [0.25, 0.3) is 0 Å². The molecule has 7 nitrogen and oxygen atoms in total. The van der Waals surface area contributed by atoms with Gasteiger partial charge >= 0.3 is 0 Å². The average Bonchev–Trinajstić information content (AvgIpc) is 3.04. The molecule has 0 aromatic rings. The molecule has 0 spiro atoms. The molecule has 0 radical (unpaired) electrons. The average molecular weight is 384 g/mol. The van der Waals surface area contributed by atoms with Crippen molar-refractivity contribution in [3.05, 3.63) is 0 Å². The van der Waals surface area contributed by atoms with Crippen molar-refractivity contribution < 1.29 is 37.5 Å². The molecule has 0 amide bonds. The zero-order valence-electron chi connectivity index (χ0n) is 16.3. The highest BCUT2D eigenvalue weighted by atomic mass is 19.1. The molecule has 0 N–H and O–H groups in total. The molecule has 26 heavy (non-hydrogen) atoms. The Bertz CT molecular complexity index is 360. The van der Waals surface area contributed by atoms with Gasteiger partial charge in [-0.1, -0.05) is 7.43 Å². The molecule has 2 aliphatic heterocycles. The Hall–Kier alpha value is -0.350. The molecule has 2 aliphatic rings. The first-order valence-electron chi connectivity index (χ1n) is 8.46. The number of rotatable bonds is 7. The maximum absolute atomic E-state index is 13.2. The van der Waals surface area contributed by atoms with E-state index in [-0.39, 0.29) is 37.9 Å². The Morgan fingerprint density at radius 1 is 0.692 bits per heavy atom. The minimum Gasteiger partial charge on any atom is -0.382 e. The standard InChI is InChI=1S/C9H18O4.C8H15FO3.CH4/c1-6-8(11-3)9(12-4)7(13-6)5-10-2;1-5-7(9)8(11-3)6(12-5)4-10-2;/h6-9H,5H2,1-4H3;5-8H,4H2,1-3H3;1H4/t6-,7+,8+,9?;5-,6+,7+,8?;/m00./s1. The van der Waals surface area contributed by atoms with Crippen LogP contribution in [0.4, 0.5) is 4.39 Å². The number of ether oxygens (including phenoxy) is 7. The Labute approximate surface area is 157 Å². The van der Waals surface area contributed by atoms with Crippen molar-refractivity contribution >= 4 is 0 Å². The van der Waals surface area contributed by atoms with Gasteiger partial charge in [0.2, 0.25) is 0 Å². The third kappa shape index (κ3) is 6.37. The predicted molar refractivity (Wildman–Crippen MR) is 96.4 cm³/mol. The van der Waals surface area contributed by atoms with Gasteiger partial charge in [-0.05, 0) is 13.8 Å². The van der Waals surface area contributed by atoms with Gasteiger partial charge < -0.3 is 33.2 Å². The van der Waals surface area contributed by atoms with Crippen LogP contribution in [-0.4, -0.2) is 97.7 Å². The Morgan fingerprint density at radius 2 is 1.12 bits per heavy atom. The van der Waals surface area contributed by atoms with Crippen LogP contribution in [0, 0.1) is 0 Å². The number of alkyl halides is 1. The molecule has 0 aromatic carbocycles. The fourth-order valence-electron chi connectivity index (χ4n) is 3.30. The van der Waals surface area contributed by atoms with Gasteiger partial charge in [-0.25, -0.2) is 4.39 Å². The van der Waals surface area contributed by atoms with Crippen molar-refractivity contribution in [1.82, 2.24) is 0 Å². The highest BCUT2D eigenvalue weighted by molar-refractivity contribution is 4.91. The van der Waals surface area contributed by atoms with Gasteiger partial charge in [-0.15, -0.1) is 0 Å². The van der Waals surface area contributed by atoms with E-state index in [9.17, 15) is 4.39 Å². The summed E-state index contributed by atoms with van der Waals surface area (Å²) in [7, 11) is 8.04. The summed E-state index contributed by atoms with van der Waals surface area (Å²) in [6.45, 7) is 4.61. The van der Waals surface area contributed by atoms with Crippen molar-refractivity contribution in [2.24, 2.45) is 0 Å². The van der Waals surface area contributed by atoms with Gasteiger partial charge in [0.25, 0.3) is 0 Å². The summed E-state index contributed by atoms with van der Waals surface area (Å²) in [5.74, 6) is 0. The predicted octanol–water partition coefficient (Wildman–Crippen LogP) is 1.86. The number of halogens is 1. The lowest BCUT2D eigenvalue weighted by Crippen LogP contribution is -2.37. The summed E-state index contributed by atoms with van der Waals surface area (Å²) in [6.07, 6.45) is -2.18. The van der Waals surface area contributed by atoms with E-state index in [4.69, 9.17) is 33.2 Å². The first-order valence-corrected chi connectivity index (χ1v) is 8.46. The molecule has 2 rings (SSSR count). The second-order valence-electron chi connectivity index (χ2n) is 6.22. The lowest BCUT2D eigenvalue weighted by molar-refractivity contribution is -0.0471. The molecule has 2 heterocycles. The van der Waals surface area contributed by atoms with E-state index in [1.54, 1.807) is 35.4 Å². The van der Waals surface area contributed by atoms with Crippen LogP contribution in [0.2, 0.25) is 0 Å². The normalized spacial score (nSPS) is 39.2. The van der Waals surface area contributed by atoms with Gasteiger partial charge in [-0.2, -0.15) is 0 Å². The smallest absolute Gasteiger partial charge is 0.154 e. The minimum absolute atomic E-state index is 0. The van der Waals surface area contributed by atoms with Crippen molar-refractivity contribution in [3.8, 4) is 0 Å². The van der Waals surface area contributed by atoms with E-state index in [0.717, 1.165) is 0 Å². The zero-order valence-corrected chi connectivity index (χ0v) is 16.3. The Morgan fingerprint density at radius 3 is 1.54 bits per heavy atom. The second-order valence-corrected chi connectivity index (χ2v) is 6.22. The third-order valence-corrected chi connectivity index (χ3v) is 4.54. The van der Waals surface area contributed by atoms with Gasteiger partial charge in [0.15, 0.2) is 6.17 Å². The molecule has 0 aromatic heterocycles. The van der Waals surface area contributed by atoms with Crippen molar-refractivity contribution in [2.75, 3.05) is 48.8 Å². The summed E-state index contributed by atoms with van der Waals surface area (Å²) in [6, 6.07) is 0. The molecule has 2 unspecified atom stereocenters. The highest BCUT2D eigenvalue weighted by Gasteiger charge is 2.43. The van der Waals surface area contributed by atoms with Gasteiger partial charge in [0.1, 0.15) is 30.5 Å². The van der Waals surface area contributed by atoms with E-state index >= 15 is 0 Å². The molecule has 0 aliphatic carbocycles. The van der Waals surface area contributed by atoms with Gasteiger partial charge in [-0.3, -0.25) is 0 Å². The molecule has 158 valence electrons. The SMILES string of the molecule is C.COC[C@H]1O[C@@H](C)[C@@H](F)C1OC.COC[C@H]1O[C@@H](C)[C@@H](OC)C1OC. The fraction of sp³-hybridized carbons (Fsp3) is 1.00. The molecule has 0 saturated carbocycles. The molecule has 8 atom stereocenters. The summed E-state index contributed by atoms with van der Waals surface area (Å²) in [5.41, 5.74) is 0. The summed E-state index contributed by atoms with van der Waals surface area (Å²) >= 11 is 0. The molecule has 2 saturated heterocycles. The number of hydrogen-bond acceptors (Lipinski definition) is 7. The van der Waals surface area contributed by atoms with Crippen LogP contribution in [0.15, 0.2) is 0 Å². The second kappa shape index (κ2) is 12.9. The van der Waals surface area contributed by atoms with E-state index in [0.29, 0.717) is 13.2 Å². The van der Waals surface area contributed by atoms with Gasteiger partial charge in [0.05, 0.1) is 25.4 Å². The topological polar surface area (TPSA) is 64.6 Å². The lowest BCUT2D eigenvalue weighted by Gasteiger charge is -2.20. The van der Waals surface area contributed by atoms with E-state index in [2.05, 4.69) is 0 Å². The van der Waals surface area contributed by atoms with Crippen molar-refractivity contribution in [1.29, 1.82) is 0 Å². The maximum atomic E-state index is 13.2. The fourth-order valence-corrected chi connectivity index (χ4v) is 3.30. The summed E-state index contributed by atoms with van der Waals surface area (Å²) in [5, 5.41) is 0. The Kier molecular flexibility index (Phi) is 12.8. The van der Waals surface area contributed by atoms with E-state index < -0.39 is 18.4 Å². The molecular weight excluding hydrogens is 347 g/mol. The minimum atomic E-state index is -1.05. The van der Waals surface area contributed by atoms with Crippen LogP contribution in [0.3, 0.4) is 0 Å². The van der Waals surface area contributed by atoms with Gasteiger partial charge in [0, 0.05) is 35.5 Å². The van der Waals surface area contributed by atoms with E-state index in [1.807, 2.05) is 6.92 Å². The third-order valence-electron chi connectivity index (χ3n) is 4.54. The monoisotopic (exact) mass is 384 g/mol. The molecule has 2 fully saturated rings. The van der Waals surface area contributed by atoms with E-state index in [1.165, 1.54) is 7.11 Å². The molecular formula is C18H37FO7. The lowest BCUT2D eigenvalue weighted by atomic mass is 10.1. The molecule has 8 heteroatoms. The maximum Gasteiger partial charge on any atom is 0.154 e. The van der Waals surface area contributed by atoms with Crippen LogP contribution >= 0.6 is 0 Å². The van der Waals surface area contributed by atoms with Crippen molar-refractivity contribution in [2.45, 2.75) is 70.2 Å². The molecule has 0 bridgehead atoms. The zero-order chi connectivity index (χ0) is 19.0. The first kappa shape index (κ1) is 25.6. The quantitative estimate of drug-likeness (QED) is 0.664. The van der Waals surface area contributed by atoms with Crippen LogP contribution in [0.1, 0.15) is 21.3 Å². The summed E-state index contributed by atoms with van der Waals surface area (Å²) < 4.78 is 49.7. The van der Waals surface area contributed by atoms with Crippen LogP contribution in [-0.2, 0) is 33.2 Å². The number of hydrogen-bond donors (Lipinski definition) is 0. The van der Waals surface area contributed by atoms with Crippen LogP contribution < -0.4 is 0 Å². The Balaban J connectivity index is 0.000000464. The van der Waals surface area contributed by atoms with Crippen LogP contribution in [0.5, 0.6) is 0 Å². The number of methoxy groups -OCH3 is 5. The highest BCUT2D eigenvalue weighted by Crippen LogP contribution is 2.26.